The van der Waals surface area contributed by atoms with Crippen molar-refractivity contribution in [3.63, 3.8) is 0 Å². The van der Waals surface area contributed by atoms with Crippen LogP contribution in [0.3, 0.4) is 0 Å². The molecule has 0 saturated carbocycles. The van der Waals surface area contributed by atoms with Crippen LogP contribution >= 0.6 is 0 Å². The van der Waals surface area contributed by atoms with Crippen LogP contribution in [0.4, 0.5) is 0 Å². The fourth-order valence-electron chi connectivity index (χ4n) is 6.68. The molecule has 0 N–H and O–H groups in total. The van der Waals surface area contributed by atoms with Crippen molar-refractivity contribution >= 4 is 43.6 Å². The van der Waals surface area contributed by atoms with Gasteiger partial charge in [0, 0.05) is 27.7 Å². The van der Waals surface area contributed by atoms with Crippen LogP contribution in [0.15, 0.2) is 152 Å². The highest BCUT2D eigenvalue weighted by atomic mass is 15.1. The third kappa shape index (κ3) is 3.31. The summed E-state index contributed by atoms with van der Waals surface area (Å²) in [5.41, 5.74) is 10.3. The normalized spacial score (nSPS) is 11.8. The number of benzene rings is 7. The van der Waals surface area contributed by atoms with Crippen LogP contribution in [0.2, 0.25) is 0 Å². The summed E-state index contributed by atoms with van der Waals surface area (Å²) >= 11 is 0. The van der Waals surface area contributed by atoms with E-state index in [-0.39, 0.29) is 0 Å². The molecule has 0 aliphatic carbocycles. The maximum atomic E-state index is 5.06. The van der Waals surface area contributed by atoms with Crippen LogP contribution in [0.1, 0.15) is 0 Å². The van der Waals surface area contributed by atoms with E-state index in [1.54, 1.807) is 0 Å². The molecule has 7 aromatic carbocycles. The minimum Gasteiger partial charge on any atom is -0.309 e. The zero-order chi connectivity index (χ0) is 27.6. The van der Waals surface area contributed by atoms with Crippen molar-refractivity contribution < 1.29 is 0 Å². The highest BCUT2D eigenvalue weighted by Crippen LogP contribution is 2.42. The molecule has 2 heterocycles. The smallest absolute Gasteiger partial charge is 0.145 e. The molecule has 0 amide bonds. The van der Waals surface area contributed by atoms with Crippen LogP contribution in [0.5, 0.6) is 0 Å². The Hall–Kier alpha value is -5.67. The Morgan fingerprint density at radius 2 is 1.12 bits per heavy atom. The second-order valence-corrected chi connectivity index (χ2v) is 10.8. The van der Waals surface area contributed by atoms with Crippen molar-refractivity contribution in [2.45, 2.75) is 0 Å². The lowest BCUT2D eigenvalue weighted by Crippen LogP contribution is -1.98. The predicted octanol–water partition coefficient (Wildman–Crippen LogP) is 10.0. The van der Waals surface area contributed by atoms with Gasteiger partial charge in [-0.15, -0.1) is 0 Å². The van der Waals surface area contributed by atoms with Crippen molar-refractivity contribution in [2.24, 2.45) is 0 Å². The molecule has 42 heavy (non-hydrogen) atoms. The van der Waals surface area contributed by atoms with E-state index in [1.807, 2.05) is 6.07 Å². The summed E-state index contributed by atoms with van der Waals surface area (Å²) in [4.78, 5) is 5.06. The molecular formula is C39H25N3. The van der Waals surface area contributed by atoms with Crippen LogP contribution in [0, 0.1) is 0 Å². The number of rotatable bonds is 4. The van der Waals surface area contributed by atoms with Crippen LogP contribution in [0.25, 0.3) is 77.5 Å². The standard InChI is InChI=1S/C39H25N3/c1-3-11-27(12-4-1)39-40-33-18-7-8-19-34(33)42(39)30-17-9-14-28(25-30)31-23-24-36-38-32(31)22-21-26-13-10-20-35(37(26)38)41(36)29-15-5-2-6-16-29/h1-25H. The number of fused-ring (bicyclic) bond motifs is 1. The van der Waals surface area contributed by atoms with Crippen molar-refractivity contribution in [3.05, 3.63) is 152 Å². The molecule has 0 atom stereocenters. The third-order valence-electron chi connectivity index (χ3n) is 8.48. The first-order chi connectivity index (χ1) is 20.8. The van der Waals surface area contributed by atoms with Gasteiger partial charge < -0.3 is 4.57 Å². The summed E-state index contributed by atoms with van der Waals surface area (Å²) in [5.74, 6) is 0.946. The minimum absolute atomic E-state index is 0.946. The lowest BCUT2D eigenvalue weighted by atomic mass is 9.94. The zero-order valence-electron chi connectivity index (χ0n) is 22.8. The number of para-hydroxylation sites is 3. The van der Waals surface area contributed by atoms with E-state index in [4.69, 9.17) is 4.98 Å². The van der Waals surface area contributed by atoms with E-state index in [1.165, 1.54) is 49.4 Å². The van der Waals surface area contributed by atoms with Gasteiger partial charge in [0.25, 0.3) is 0 Å². The van der Waals surface area contributed by atoms with Gasteiger partial charge in [-0.3, -0.25) is 4.57 Å². The van der Waals surface area contributed by atoms with Crippen molar-refractivity contribution in [2.75, 3.05) is 0 Å². The molecule has 3 heteroatoms. The van der Waals surface area contributed by atoms with E-state index < -0.39 is 0 Å². The first-order valence-corrected chi connectivity index (χ1v) is 14.3. The molecule has 0 aliphatic rings. The summed E-state index contributed by atoms with van der Waals surface area (Å²) < 4.78 is 4.68. The zero-order valence-corrected chi connectivity index (χ0v) is 22.8. The molecule has 0 bridgehead atoms. The number of nitrogens with zero attached hydrogens (tertiary/aromatic N) is 3. The maximum absolute atomic E-state index is 5.06. The summed E-state index contributed by atoms with van der Waals surface area (Å²) in [6, 6.07) is 54.1. The van der Waals surface area contributed by atoms with Gasteiger partial charge >= 0.3 is 0 Å². The minimum atomic E-state index is 0.946. The molecule has 0 unspecified atom stereocenters. The SMILES string of the molecule is c1ccc(-c2nc3ccccc3n2-c2cccc(-c3ccc4c5c3ccc3cccc(c35)n4-c3ccccc3)c2)cc1. The summed E-state index contributed by atoms with van der Waals surface area (Å²) in [5, 5.41) is 5.16. The number of imidazole rings is 1. The summed E-state index contributed by atoms with van der Waals surface area (Å²) in [7, 11) is 0. The Bertz CT molecular complexity index is 2390. The maximum Gasteiger partial charge on any atom is 0.145 e. The van der Waals surface area contributed by atoms with Crippen molar-refractivity contribution in [3.8, 4) is 33.9 Å². The monoisotopic (exact) mass is 535 g/mol. The van der Waals surface area contributed by atoms with Crippen LogP contribution in [-0.2, 0) is 0 Å². The van der Waals surface area contributed by atoms with E-state index in [0.717, 1.165) is 28.1 Å². The fourth-order valence-corrected chi connectivity index (χ4v) is 6.68. The van der Waals surface area contributed by atoms with Gasteiger partial charge in [-0.05, 0) is 70.4 Å². The van der Waals surface area contributed by atoms with Gasteiger partial charge in [-0.25, -0.2) is 4.98 Å². The second-order valence-electron chi connectivity index (χ2n) is 10.8. The van der Waals surface area contributed by atoms with Gasteiger partial charge in [0.05, 0.1) is 22.1 Å². The topological polar surface area (TPSA) is 22.8 Å². The van der Waals surface area contributed by atoms with Gasteiger partial charge in [0.2, 0.25) is 0 Å². The highest BCUT2D eigenvalue weighted by Gasteiger charge is 2.19. The van der Waals surface area contributed by atoms with Gasteiger partial charge in [-0.2, -0.15) is 0 Å². The van der Waals surface area contributed by atoms with E-state index in [9.17, 15) is 0 Å². The van der Waals surface area contributed by atoms with E-state index in [0.29, 0.717) is 0 Å². The first kappa shape index (κ1) is 23.1. The molecule has 3 nitrogen and oxygen atoms in total. The highest BCUT2D eigenvalue weighted by molar-refractivity contribution is 6.26. The lowest BCUT2D eigenvalue weighted by molar-refractivity contribution is 1.10. The Balaban J connectivity index is 1.29. The molecule has 0 saturated heterocycles. The molecule has 0 fully saturated rings. The average Bonchev–Trinajstić information content (AvgIpc) is 3.62. The van der Waals surface area contributed by atoms with Gasteiger partial charge in [0.1, 0.15) is 5.82 Å². The molecule has 0 aliphatic heterocycles. The first-order valence-electron chi connectivity index (χ1n) is 14.3. The molecule has 9 rings (SSSR count). The quantitative estimate of drug-likeness (QED) is 0.206. The molecule has 0 spiro atoms. The second kappa shape index (κ2) is 8.92. The van der Waals surface area contributed by atoms with E-state index >= 15 is 0 Å². The Morgan fingerprint density at radius 1 is 0.429 bits per heavy atom. The van der Waals surface area contributed by atoms with Crippen LogP contribution in [-0.4, -0.2) is 14.1 Å². The lowest BCUT2D eigenvalue weighted by Gasteiger charge is -2.13. The molecule has 0 radical (unpaired) electrons. The predicted molar refractivity (Wildman–Crippen MR) is 175 cm³/mol. The Morgan fingerprint density at radius 3 is 2.00 bits per heavy atom. The average molecular weight is 536 g/mol. The van der Waals surface area contributed by atoms with Crippen molar-refractivity contribution in [1.82, 2.24) is 14.1 Å². The molecular weight excluding hydrogens is 510 g/mol. The van der Waals surface area contributed by atoms with Gasteiger partial charge in [0.15, 0.2) is 0 Å². The molecule has 196 valence electrons. The summed E-state index contributed by atoms with van der Waals surface area (Å²) in [6.07, 6.45) is 0. The number of hydrogen-bond acceptors (Lipinski definition) is 1. The third-order valence-corrected chi connectivity index (χ3v) is 8.48. The van der Waals surface area contributed by atoms with E-state index in [2.05, 4.69) is 155 Å². The number of hydrogen-bond donors (Lipinski definition) is 0. The van der Waals surface area contributed by atoms with Gasteiger partial charge in [-0.1, -0.05) is 103 Å². The molecule has 9 aromatic rings. The Labute approximate surface area is 242 Å². The number of aromatic nitrogens is 3. The Kier molecular flexibility index (Phi) is 4.90. The fraction of sp³-hybridized carbons (Fsp3) is 0. The largest absolute Gasteiger partial charge is 0.309 e. The molecule has 2 aromatic heterocycles. The van der Waals surface area contributed by atoms with Crippen LogP contribution < -0.4 is 0 Å². The summed E-state index contributed by atoms with van der Waals surface area (Å²) in [6.45, 7) is 0. The van der Waals surface area contributed by atoms with Crippen molar-refractivity contribution in [1.29, 1.82) is 0 Å².